The van der Waals surface area contributed by atoms with E-state index >= 15 is 0 Å². The number of hydrogen-bond acceptors (Lipinski definition) is 6. The lowest BCUT2D eigenvalue weighted by atomic mass is 9.93. The number of carbonyl (C=O) groups is 3. The van der Waals surface area contributed by atoms with Crippen molar-refractivity contribution >= 4 is 23.7 Å². The van der Waals surface area contributed by atoms with Crippen LogP contribution in [0.5, 0.6) is 5.75 Å². The number of anilines is 1. The fraction of sp³-hybridized carbons (Fsp3) is 0.259. The molecule has 3 N–H and O–H groups in total. The predicted molar refractivity (Wildman–Crippen MR) is 135 cm³/mol. The molecule has 0 radical (unpaired) electrons. The number of ether oxygens (including phenoxy) is 2. The summed E-state index contributed by atoms with van der Waals surface area (Å²) in [5, 5.41) is 14.2. The van der Waals surface area contributed by atoms with Crippen molar-refractivity contribution < 1.29 is 33.4 Å². The highest BCUT2D eigenvalue weighted by Crippen LogP contribution is 2.32. The van der Waals surface area contributed by atoms with Crippen LogP contribution in [-0.2, 0) is 9.53 Å². The first-order chi connectivity index (χ1) is 17.4. The summed E-state index contributed by atoms with van der Waals surface area (Å²) in [5.41, 5.74) is 1.37. The number of alkyl carbamates (subject to hydrolysis) is 1. The molecule has 3 rings (SSSR count). The van der Waals surface area contributed by atoms with Crippen LogP contribution in [0.4, 0.5) is 14.9 Å². The van der Waals surface area contributed by atoms with Crippen LogP contribution in [0.2, 0.25) is 0 Å². The third kappa shape index (κ3) is 7.76. The van der Waals surface area contributed by atoms with E-state index in [1.165, 1.54) is 12.3 Å². The molecular formula is C27H28FN3O6. The van der Waals surface area contributed by atoms with Crippen LogP contribution < -0.4 is 15.4 Å². The number of benzene rings is 2. The summed E-state index contributed by atoms with van der Waals surface area (Å²) in [6.07, 6.45) is 1.75. The van der Waals surface area contributed by atoms with Gasteiger partial charge in [-0.25, -0.2) is 14.0 Å². The van der Waals surface area contributed by atoms with Gasteiger partial charge in [0.2, 0.25) is 0 Å². The van der Waals surface area contributed by atoms with Crippen LogP contribution in [0.1, 0.15) is 49.7 Å². The molecular weight excluding hydrogens is 481 g/mol. The first kappa shape index (κ1) is 27.1. The Kier molecular flexibility index (Phi) is 8.44. The summed E-state index contributed by atoms with van der Waals surface area (Å²) in [5.74, 6) is -2.04. The van der Waals surface area contributed by atoms with Gasteiger partial charge in [-0.05, 0) is 74.7 Å². The number of carboxylic acids is 1. The normalized spacial score (nSPS) is 11.8. The average molecular weight is 510 g/mol. The quantitative estimate of drug-likeness (QED) is 0.381. The lowest BCUT2D eigenvalue weighted by Crippen LogP contribution is -2.34. The molecule has 2 aromatic carbocycles. The number of carboxylic acid groups (broad SMARTS) is 1. The maximum Gasteiger partial charge on any atom is 0.408 e. The Labute approximate surface area is 213 Å². The number of hydrogen-bond donors (Lipinski definition) is 3. The smallest absolute Gasteiger partial charge is 0.408 e. The summed E-state index contributed by atoms with van der Waals surface area (Å²) in [4.78, 5) is 39.9. The minimum absolute atomic E-state index is 0.0188. The standard InChI is InChI=1S/C27H28FN3O6/c1-16(30-26(35)37-27(2,3)4)20-9-8-18(25(34)31-23-10-11-29-14-22(23)28)13-21(20)17-6-5-7-19(12-17)36-15-24(32)33/h5-14,16H,15H2,1-4H3,(H,30,35)(H,32,33)(H,29,31,34). The number of nitrogens with zero attached hydrogens (tertiary/aromatic N) is 1. The highest BCUT2D eigenvalue weighted by atomic mass is 19.1. The second kappa shape index (κ2) is 11.5. The van der Waals surface area contributed by atoms with Crippen LogP contribution >= 0.6 is 0 Å². The Morgan fingerprint density at radius 1 is 1.11 bits per heavy atom. The molecule has 0 aliphatic carbocycles. The van der Waals surface area contributed by atoms with Gasteiger partial charge in [-0.2, -0.15) is 0 Å². The zero-order chi connectivity index (χ0) is 27.2. The number of nitrogens with one attached hydrogen (secondary N) is 2. The number of halogens is 1. The van der Waals surface area contributed by atoms with Gasteiger partial charge in [0, 0.05) is 11.8 Å². The fourth-order valence-electron chi connectivity index (χ4n) is 3.46. The molecule has 0 aliphatic heterocycles. The zero-order valence-corrected chi connectivity index (χ0v) is 20.9. The van der Waals surface area contributed by atoms with Crippen molar-refractivity contribution in [1.82, 2.24) is 10.3 Å². The Hall–Kier alpha value is -4.47. The lowest BCUT2D eigenvalue weighted by molar-refractivity contribution is -0.139. The third-order valence-electron chi connectivity index (χ3n) is 5.04. The molecule has 0 saturated heterocycles. The van der Waals surface area contributed by atoms with Crippen molar-refractivity contribution in [2.24, 2.45) is 0 Å². The number of pyridine rings is 1. The van der Waals surface area contributed by atoms with E-state index < -0.39 is 42.0 Å². The van der Waals surface area contributed by atoms with E-state index in [4.69, 9.17) is 14.6 Å². The van der Waals surface area contributed by atoms with Crippen molar-refractivity contribution in [2.75, 3.05) is 11.9 Å². The van der Waals surface area contributed by atoms with Gasteiger partial charge in [0.25, 0.3) is 5.91 Å². The largest absolute Gasteiger partial charge is 0.482 e. The van der Waals surface area contributed by atoms with Gasteiger partial charge in [0.15, 0.2) is 12.4 Å². The van der Waals surface area contributed by atoms with E-state index in [2.05, 4.69) is 15.6 Å². The molecule has 10 heteroatoms. The van der Waals surface area contributed by atoms with Crippen molar-refractivity contribution in [3.8, 4) is 16.9 Å². The van der Waals surface area contributed by atoms with Crippen LogP contribution in [-0.4, -0.2) is 40.3 Å². The second-order valence-electron chi connectivity index (χ2n) is 9.19. The molecule has 1 heterocycles. The maximum atomic E-state index is 14.0. The summed E-state index contributed by atoms with van der Waals surface area (Å²) in [7, 11) is 0. The fourth-order valence-corrected chi connectivity index (χ4v) is 3.46. The van der Waals surface area contributed by atoms with Crippen molar-refractivity contribution in [2.45, 2.75) is 39.3 Å². The monoisotopic (exact) mass is 509 g/mol. The summed E-state index contributed by atoms with van der Waals surface area (Å²) < 4.78 is 24.7. The van der Waals surface area contributed by atoms with E-state index in [0.29, 0.717) is 22.4 Å². The average Bonchev–Trinajstić information content (AvgIpc) is 2.82. The van der Waals surface area contributed by atoms with Gasteiger partial charge >= 0.3 is 12.1 Å². The summed E-state index contributed by atoms with van der Waals surface area (Å²) >= 11 is 0. The molecule has 0 fully saturated rings. The minimum Gasteiger partial charge on any atom is -0.482 e. The molecule has 37 heavy (non-hydrogen) atoms. The zero-order valence-electron chi connectivity index (χ0n) is 20.9. The van der Waals surface area contributed by atoms with Crippen LogP contribution in [0.3, 0.4) is 0 Å². The molecule has 0 spiro atoms. The molecule has 0 aliphatic rings. The minimum atomic E-state index is -1.12. The summed E-state index contributed by atoms with van der Waals surface area (Å²) in [6, 6.07) is 12.3. The SMILES string of the molecule is CC(NC(=O)OC(C)(C)C)c1ccc(C(=O)Nc2ccncc2F)cc1-c1cccc(OCC(=O)O)c1. The number of rotatable bonds is 8. The Morgan fingerprint density at radius 3 is 2.54 bits per heavy atom. The highest BCUT2D eigenvalue weighted by Gasteiger charge is 2.21. The first-order valence-electron chi connectivity index (χ1n) is 11.4. The number of amides is 2. The van der Waals surface area contributed by atoms with Crippen molar-refractivity contribution in [3.05, 3.63) is 77.9 Å². The van der Waals surface area contributed by atoms with Gasteiger partial charge < -0.3 is 25.2 Å². The summed E-state index contributed by atoms with van der Waals surface area (Å²) in [6.45, 7) is 6.51. The molecule has 194 valence electrons. The van der Waals surface area contributed by atoms with Gasteiger partial charge in [0.05, 0.1) is 17.9 Å². The van der Waals surface area contributed by atoms with Crippen molar-refractivity contribution in [3.63, 3.8) is 0 Å². The van der Waals surface area contributed by atoms with Crippen LogP contribution in [0.25, 0.3) is 11.1 Å². The Morgan fingerprint density at radius 2 is 1.86 bits per heavy atom. The van der Waals surface area contributed by atoms with E-state index in [1.807, 2.05) is 0 Å². The molecule has 0 bridgehead atoms. The maximum absolute atomic E-state index is 14.0. The Balaban J connectivity index is 1.99. The Bertz CT molecular complexity index is 1310. The number of aromatic nitrogens is 1. The van der Waals surface area contributed by atoms with Crippen molar-refractivity contribution in [1.29, 1.82) is 0 Å². The third-order valence-corrected chi connectivity index (χ3v) is 5.04. The molecule has 1 atom stereocenters. The molecule has 1 unspecified atom stereocenters. The van der Waals surface area contributed by atoms with E-state index in [0.717, 1.165) is 6.20 Å². The van der Waals surface area contributed by atoms with E-state index in [-0.39, 0.29) is 11.3 Å². The lowest BCUT2D eigenvalue weighted by Gasteiger charge is -2.23. The number of aliphatic carboxylic acids is 1. The predicted octanol–water partition coefficient (Wildman–Crippen LogP) is 5.19. The van der Waals surface area contributed by atoms with E-state index in [9.17, 15) is 18.8 Å². The molecule has 3 aromatic rings. The van der Waals surface area contributed by atoms with Gasteiger partial charge in [-0.3, -0.25) is 9.78 Å². The van der Waals surface area contributed by atoms with Gasteiger partial charge in [-0.15, -0.1) is 0 Å². The van der Waals surface area contributed by atoms with Gasteiger partial charge in [-0.1, -0.05) is 18.2 Å². The molecule has 1 aromatic heterocycles. The second-order valence-corrected chi connectivity index (χ2v) is 9.19. The number of carbonyl (C=O) groups excluding carboxylic acids is 2. The molecule has 2 amide bonds. The molecule has 0 saturated carbocycles. The first-order valence-corrected chi connectivity index (χ1v) is 11.4. The highest BCUT2D eigenvalue weighted by molar-refractivity contribution is 6.05. The van der Waals surface area contributed by atoms with E-state index in [1.54, 1.807) is 70.2 Å². The van der Waals surface area contributed by atoms with Crippen LogP contribution in [0, 0.1) is 5.82 Å². The topological polar surface area (TPSA) is 127 Å². The molecule has 9 nitrogen and oxygen atoms in total. The van der Waals surface area contributed by atoms with Crippen LogP contribution in [0.15, 0.2) is 60.9 Å². The van der Waals surface area contributed by atoms with Gasteiger partial charge in [0.1, 0.15) is 11.4 Å².